The molecule has 0 spiro atoms. The molecule has 0 atom stereocenters. The highest BCUT2D eigenvalue weighted by atomic mass is 16.3. The third kappa shape index (κ3) is 1.10. The number of pyridine rings is 1. The average molecular weight is 124 g/mol. The van der Waals surface area contributed by atoms with E-state index in [1.165, 1.54) is 10.8 Å². The highest BCUT2D eigenvalue weighted by Crippen LogP contribution is 1.97. The van der Waals surface area contributed by atoms with Gasteiger partial charge in [0.05, 0.1) is 0 Å². The number of hydrogen-bond acceptors (Lipinski definition) is 2. The molecule has 0 saturated heterocycles. The van der Waals surface area contributed by atoms with Gasteiger partial charge in [-0.1, -0.05) is 0 Å². The lowest BCUT2D eigenvalue weighted by Gasteiger charge is -1.92. The van der Waals surface area contributed by atoms with Crippen LogP contribution >= 0.6 is 0 Å². The third-order valence-corrected chi connectivity index (χ3v) is 1.01. The summed E-state index contributed by atoms with van der Waals surface area (Å²) >= 11 is 0. The smallest absolute Gasteiger partial charge is 0.254 e. The Balaban J connectivity index is 3.34. The van der Waals surface area contributed by atoms with Crippen molar-refractivity contribution < 1.29 is 5.11 Å². The molecule has 0 amide bonds. The van der Waals surface area contributed by atoms with Gasteiger partial charge in [-0.05, 0) is 0 Å². The quantitative estimate of drug-likeness (QED) is 0.524. The fraction of sp³-hybridized carbons (Fsp3) is 0.167. The summed E-state index contributed by atoms with van der Waals surface area (Å²) in [5.41, 5.74) is -0.230. The summed E-state index contributed by atoms with van der Waals surface area (Å²) in [5.74, 6) is -0.113. The lowest BCUT2D eigenvalue weighted by molar-refractivity contribution is 0.471. The van der Waals surface area contributed by atoms with E-state index in [0.29, 0.717) is 0 Å². The molecule has 1 heterocycles. The van der Waals surface area contributed by atoms with Gasteiger partial charge in [0.2, 0.25) is 0 Å². The summed E-state index contributed by atoms with van der Waals surface area (Å²) in [6.45, 7) is 0. The second-order valence-electron chi connectivity index (χ2n) is 1.75. The number of aromatic hydroxyl groups is 1. The zero-order valence-corrected chi connectivity index (χ0v) is 4.96. The minimum absolute atomic E-state index is 0.113. The van der Waals surface area contributed by atoms with Crippen LogP contribution < -0.4 is 5.56 Å². The Hall–Kier alpha value is -1.25. The SMILES string of the molecule is Cn1c[c]c(O)cc1=O. The van der Waals surface area contributed by atoms with Gasteiger partial charge in [0.1, 0.15) is 5.75 Å². The topological polar surface area (TPSA) is 42.2 Å². The normalized spacial score (nSPS) is 9.44. The molecule has 1 N–H and O–H groups in total. The van der Waals surface area contributed by atoms with Crippen molar-refractivity contribution >= 4 is 0 Å². The first kappa shape index (κ1) is 5.88. The fourth-order valence-corrected chi connectivity index (χ4v) is 0.487. The number of nitrogens with zero attached hydrogens (tertiary/aromatic N) is 1. The maximum absolute atomic E-state index is 10.6. The molecule has 1 aromatic rings. The molecule has 0 aromatic carbocycles. The van der Waals surface area contributed by atoms with Gasteiger partial charge in [-0.25, -0.2) is 0 Å². The number of hydrogen-bond donors (Lipinski definition) is 1. The molecule has 3 heteroatoms. The maximum atomic E-state index is 10.6. The zero-order chi connectivity index (χ0) is 6.85. The molecule has 3 nitrogen and oxygen atoms in total. The van der Waals surface area contributed by atoms with Crippen molar-refractivity contribution in [2.24, 2.45) is 7.05 Å². The second-order valence-corrected chi connectivity index (χ2v) is 1.75. The Morgan fingerprint density at radius 3 is 2.89 bits per heavy atom. The summed E-state index contributed by atoms with van der Waals surface area (Å²) in [7, 11) is 1.60. The van der Waals surface area contributed by atoms with Crippen LogP contribution in [0.2, 0.25) is 0 Å². The Labute approximate surface area is 52.2 Å². The molecule has 9 heavy (non-hydrogen) atoms. The molecular formula is C6H6NO2. The van der Waals surface area contributed by atoms with E-state index in [9.17, 15) is 4.79 Å². The van der Waals surface area contributed by atoms with Crippen molar-refractivity contribution in [3.8, 4) is 5.75 Å². The molecule has 1 rings (SSSR count). The molecular weight excluding hydrogens is 118 g/mol. The number of aromatic nitrogens is 1. The Bertz CT molecular complexity index is 264. The Morgan fingerprint density at radius 1 is 1.78 bits per heavy atom. The molecule has 1 radical (unpaired) electrons. The van der Waals surface area contributed by atoms with E-state index in [-0.39, 0.29) is 11.3 Å². The van der Waals surface area contributed by atoms with Gasteiger partial charge in [0, 0.05) is 25.4 Å². The van der Waals surface area contributed by atoms with E-state index < -0.39 is 0 Å². The van der Waals surface area contributed by atoms with E-state index in [1.54, 1.807) is 7.05 Å². The van der Waals surface area contributed by atoms with Gasteiger partial charge in [0.25, 0.3) is 5.56 Å². The van der Waals surface area contributed by atoms with E-state index in [0.717, 1.165) is 6.07 Å². The minimum atomic E-state index is -0.230. The van der Waals surface area contributed by atoms with Crippen molar-refractivity contribution in [3.05, 3.63) is 28.7 Å². The van der Waals surface area contributed by atoms with Crippen LogP contribution in [0.3, 0.4) is 0 Å². The van der Waals surface area contributed by atoms with E-state index in [2.05, 4.69) is 6.07 Å². The molecule has 0 saturated carbocycles. The van der Waals surface area contributed by atoms with Crippen LogP contribution in [0.25, 0.3) is 0 Å². The maximum Gasteiger partial charge on any atom is 0.254 e. The van der Waals surface area contributed by atoms with Crippen molar-refractivity contribution in [1.29, 1.82) is 0 Å². The van der Waals surface area contributed by atoms with Gasteiger partial charge < -0.3 is 9.67 Å². The second kappa shape index (κ2) is 1.93. The van der Waals surface area contributed by atoms with Crippen LogP contribution in [-0.4, -0.2) is 9.67 Å². The van der Waals surface area contributed by atoms with E-state index >= 15 is 0 Å². The highest BCUT2D eigenvalue weighted by molar-refractivity contribution is 5.13. The minimum Gasteiger partial charge on any atom is -0.507 e. The fourth-order valence-electron chi connectivity index (χ4n) is 0.487. The van der Waals surface area contributed by atoms with Crippen molar-refractivity contribution in [3.63, 3.8) is 0 Å². The summed E-state index contributed by atoms with van der Waals surface area (Å²) in [4.78, 5) is 10.6. The molecule has 0 fully saturated rings. The van der Waals surface area contributed by atoms with Crippen molar-refractivity contribution in [1.82, 2.24) is 4.57 Å². The average Bonchev–Trinajstić information content (AvgIpc) is 1.80. The molecule has 0 bridgehead atoms. The van der Waals surface area contributed by atoms with Gasteiger partial charge in [-0.2, -0.15) is 0 Å². The lowest BCUT2D eigenvalue weighted by atomic mass is 10.4. The van der Waals surface area contributed by atoms with Crippen molar-refractivity contribution in [2.75, 3.05) is 0 Å². The number of rotatable bonds is 0. The van der Waals surface area contributed by atoms with Crippen molar-refractivity contribution in [2.45, 2.75) is 0 Å². The largest absolute Gasteiger partial charge is 0.507 e. The summed E-state index contributed by atoms with van der Waals surface area (Å²) in [5, 5.41) is 8.67. The van der Waals surface area contributed by atoms with Crippen LogP contribution in [0.5, 0.6) is 5.75 Å². The molecule has 47 valence electrons. The predicted molar refractivity (Wildman–Crippen MR) is 32.2 cm³/mol. The number of aryl methyl sites for hydroxylation is 1. The standard InChI is InChI=1S/C6H6NO2/c1-7-3-2-5(8)4-6(7)9/h3-4,8H,1H3. The molecule has 0 aliphatic heterocycles. The van der Waals surface area contributed by atoms with Gasteiger partial charge >= 0.3 is 0 Å². The monoisotopic (exact) mass is 124 g/mol. The van der Waals surface area contributed by atoms with Gasteiger partial charge in [0.15, 0.2) is 0 Å². The van der Waals surface area contributed by atoms with E-state index in [1.807, 2.05) is 0 Å². The van der Waals surface area contributed by atoms with Crippen LogP contribution in [0.1, 0.15) is 0 Å². The third-order valence-electron chi connectivity index (χ3n) is 1.01. The first-order valence-electron chi connectivity index (χ1n) is 2.47. The first-order chi connectivity index (χ1) is 4.20. The summed E-state index contributed by atoms with van der Waals surface area (Å²) < 4.78 is 1.33. The highest BCUT2D eigenvalue weighted by Gasteiger charge is 1.89. The van der Waals surface area contributed by atoms with Crippen LogP contribution in [0, 0.1) is 6.07 Å². The Morgan fingerprint density at radius 2 is 2.44 bits per heavy atom. The predicted octanol–water partition coefficient (Wildman–Crippen LogP) is -0.109. The molecule has 0 unspecified atom stereocenters. The van der Waals surface area contributed by atoms with Gasteiger partial charge in [-0.15, -0.1) is 0 Å². The lowest BCUT2D eigenvalue weighted by Crippen LogP contribution is -2.13. The van der Waals surface area contributed by atoms with E-state index in [4.69, 9.17) is 5.11 Å². The zero-order valence-electron chi connectivity index (χ0n) is 4.96. The van der Waals surface area contributed by atoms with Crippen LogP contribution in [0.15, 0.2) is 17.1 Å². The first-order valence-corrected chi connectivity index (χ1v) is 2.47. The van der Waals surface area contributed by atoms with Crippen LogP contribution in [-0.2, 0) is 7.05 Å². The molecule has 0 aliphatic carbocycles. The summed E-state index contributed by atoms with van der Waals surface area (Å²) in [6.07, 6.45) is 1.39. The van der Waals surface area contributed by atoms with Crippen LogP contribution in [0.4, 0.5) is 0 Å². The molecule has 1 aromatic heterocycles. The molecule has 0 aliphatic rings. The summed E-state index contributed by atoms with van der Waals surface area (Å²) in [6, 6.07) is 3.57. The Kier molecular flexibility index (Phi) is 1.26. The van der Waals surface area contributed by atoms with Gasteiger partial charge in [-0.3, -0.25) is 4.79 Å².